The first-order chi connectivity index (χ1) is 12.0. The quantitative estimate of drug-likeness (QED) is 0.840. The molecular weight excluding hydrogens is 316 g/mol. The lowest BCUT2D eigenvalue weighted by atomic mass is 10.2. The third-order valence-electron chi connectivity index (χ3n) is 4.54. The van der Waals surface area contributed by atoms with Crippen LogP contribution in [-0.2, 0) is 18.4 Å². The fraction of sp³-hybridized carbons (Fsp3) is 0.474. The summed E-state index contributed by atoms with van der Waals surface area (Å²) in [5.74, 6) is 1.81. The molecule has 1 atom stereocenters. The van der Waals surface area contributed by atoms with Gasteiger partial charge in [0.25, 0.3) is 0 Å². The molecule has 0 saturated carbocycles. The van der Waals surface area contributed by atoms with Crippen molar-refractivity contribution in [3.05, 3.63) is 41.6 Å². The van der Waals surface area contributed by atoms with Crippen LogP contribution in [0.3, 0.4) is 0 Å². The first-order valence-corrected chi connectivity index (χ1v) is 8.81. The fourth-order valence-corrected chi connectivity index (χ4v) is 3.18. The van der Waals surface area contributed by atoms with Gasteiger partial charge in [-0.05, 0) is 32.4 Å². The van der Waals surface area contributed by atoms with Crippen LogP contribution in [0.1, 0.15) is 31.0 Å². The monoisotopic (exact) mass is 342 g/mol. The number of rotatable bonds is 7. The van der Waals surface area contributed by atoms with Gasteiger partial charge in [0.05, 0.1) is 11.3 Å². The second kappa shape index (κ2) is 7.70. The highest BCUT2D eigenvalue weighted by atomic mass is 16.5. The molecule has 1 fully saturated rings. The van der Waals surface area contributed by atoms with Crippen LogP contribution in [-0.4, -0.2) is 39.7 Å². The van der Waals surface area contributed by atoms with E-state index in [1.54, 1.807) is 4.68 Å². The molecule has 0 aliphatic carbocycles. The molecule has 1 aromatic carbocycles. The van der Waals surface area contributed by atoms with Gasteiger partial charge in [-0.15, -0.1) is 0 Å². The van der Waals surface area contributed by atoms with Crippen LogP contribution < -0.4 is 10.1 Å². The molecule has 2 aromatic rings. The largest absolute Gasteiger partial charge is 0.439 e. The molecule has 0 spiro atoms. The van der Waals surface area contributed by atoms with Gasteiger partial charge in [-0.2, -0.15) is 5.10 Å². The van der Waals surface area contributed by atoms with Crippen LogP contribution in [0.5, 0.6) is 11.6 Å². The van der Waals surface area contributed by atoms with Crippen molar-refractivity contribution in [1.29, 1.82) is 0 Å². The van der Waals surface area contributed by atoms with E-state index in [9.17, 15) is 4.79 Å². The van der Waals surface area contributed by atoms with E-state index >= 15 is 0 Å². The number of aromatic nitrogens is 2. The molecule has 25 heavy (non-hydrogen) atoms. The molecule has 134 valence electrons. The number of amides is 1. The molecule has 1 saturated heterocycles. The maximum Gasteiger partial charge on any atom is 0.222 e. The Morgan fingerprint density at radius 1 is 1.32 bits per heavy atom. The van der Waals surface area contributed by atoms with Crippen molar-refractivity contribution < 1.29 is 9.53 Å². The number of para-hydroxylation sites is 1. The third-order valence-corrected chi connectivity index (χ3v) is 4.54. The van der Waals surface area contributed by atoms with Crippen molar-refractivity contribution in [3.63, 3.8) is 0 Å². The van der Waals surface area contributed by atoms with Crippen molar-refractivity contribution in [2.24, 2.45) is 7.05 Å². The second-order valence-corrected chi connectivity index (χ2v) is 6.63. The molecule has 1 N–H and O–H groups in total. The molecular formula is C19H26N4O2. The van der Waals surface area contributed by atoms with Crippen LogP contribution in [0.25, 0.3) is 0 Å². The zero-order chi connectivity index (χ0) is 17.8. The average molecular weight is 342 g/mol. The highest BCUT2D eigenvalue weighted by Crippen LogP contribution is 2.27. The van der Waals surface area contributed by atoms with Crippen molar-refractivity contribution in [2.45, 2.75) is 39.3 Å². The molecule has 0 radical (unpaired) electrons. The molecule has 1 aliphatic heterocycles. The first-order valence-electron chi connectivity index (χ1n) is 8.81. The Bertz CT molecular complexity index is 727. The number of nitrogens with zero attached hydrogens (tertiary/aromatic N) is 3. The molecule has 1 aliphatic rings. The minimum absolute atomic E-state index is 0.214. The summed E-state index contributed by atoms with van der Waals surface area (Å²) in [5.41, 5.74) is 2.00. The number of carbonyl (C=O) groups excluding carboxylic acids is 1. The molecule has 3 rings (SSSR count). The van der Waals surface area contributed by atoms with Crippen LogP contribution in [0.4, 0.5) is 0 Å². The summed E-state index contributed by atoms with van der Waals surface area (Å²) in [6, 6.07) is 9.94. The normalized spacial score (nSPS) is 15.6. The van der Waals surface area contributed by atoms with E-state index in [1.165, 1.54) is 0 Å². The van der Waals surface area contributed by atoms with Gasteiger partial charge in [-0.25, -0.2) is 4.68 Å². The van der Waals surface area contributed by atoms with Gasteiger partial charge < -0.3 is 15.0 Å². The van der Waals surface area contributed by atoms with E-state index in [0.29, 0.717) is 13.0 Å². The van der Waals surface area contributed by atoms with Gasteiger partial charge in [0, 0.05) is 39.1 Å². The van der Waals surface area contributed by atoms with Crippen molar-refractivity contribution >= 4 is 5.91 Å². The maximum absolute atomic E-state index is 11.8. The molecule has 2 heterocycles. The summed E-state index contributed by atoms with van der Waals surface area (Å²) in [6.07, 6.45) is 1.66. The predicted octanol–water partition coefficient (Wildman–Crippen LogP) is 2.62. The van der Waals surface area contributed by atoms with E-state index in [2.05, 4.69) is 17.3 Å². The van der Waals surface area contributed by atoms with Crippen molar-refractivity contribution in [3.8, 4) is 11.6 Å². The van der Waals surface area contributed by atoms with Gasteiger partial charge >= 0.3 is 0 Å². The fourth-order valence-electron chi connectivity index (χ4n) is 3.18. The van der Waals surface area contributed by atoms with Crippen molar-refractivity contribution in [2.75, 3.05) is 13.1 Å². The van der Waals surface area contributed by atoms with Gasteiger partial charge in [0.15, 0.2) is 0 Å². The Morgan fingerprint density at radius 2 is 2.08 bits per heavy atom. The smallest absolute Gasteiger partial charge is 0.222 e. The number of carbonyl (C=O) groups is 1. The van der Waals surface area contributed by atoms with Crippen molar-refractivity contribution in [1.82, 2.24) is 20.0 Å². The predicted molar refractivity (Wildman–Crippen MR) is 96.6 cm³/mol. The van der Waals surface area contributed by atoms with E-state index in [0.717, 1.165) is 42.4 Å². The number of aryl methyl sites for hydroxylation is 2. The number of hydrogen-bond acceptors (Lipinski definition) is 4. The lowest BCUT2D eigenvalue weighted by Crippen LogP contribution is -2.39. The van der Waals surface area contributed by atoms with Gasteiger partial charge in [0.2, 0.25) is 11.8 Å². The lowest BCUT2D eigenvalue weighted by molar-refractivity contribution is -0.127. The Labute approximate surface area is 148 Å². The molecule has 1 amide bonds. The Hall–Kier alpha value is -2.34. The van der Waals surface area contributed by atoms with Gasteiger partial charge in [0.1, 0.15) is 5.75 Å². The SMILES string of the molecule is Cc1nn(C)c(Oc2ccccc2)c1CN[C@H](C)CN1CCCC1=O. The zero-order valence-corrected chi connectivity index (χ0v) is 15.2. The highest BCUT2D eigenvalue weighted by molar-refractivity contribution is 5.78. The van der Waals surface area contributed by atoms with E-state index < -0.39 is 0 Å². The number of nitrogens with one attached hydrogen (secondary N) is 1. The van der Waals surface area contributed by atoms with E-state index in [4.69, 9.17) is 4.74 Å². The van der Waals surface area contributed by atoms with E-state index in [-0.39, 0.29) is 11.9 Å². The van der Waals surface area contributed by atoms with Gasteiger partial charge in [-0.1, -0.05) is 18.2 Å². The number of likely N-dealkylation sites (tertiary alicyclic amines) is 1. The zero-order valence-electron chi connectivity index (χ0n) is 15.2. The summed E-state index contributed by atoms with van der Waals surface area (Å²) in [7, 11) is 1.89. The summed E-state index contributed by atoms with van der Waals surface area (Å²) in [6.45, 7) is 6.37. The molecule has 0 unspecified atom stereocenters. The summed E-state index contributed by atoms with van der Waals surface area (Å²) in [4.78, 5) is 13.7. The minimum atomic E-state index is 0.214. The number of benzene rings is 1. The Morgan fingerprint density at radius 3 is 2.76 bits per heavy atom. The highest BCUT2D eigenvalue weighted by Gasteiger charge is 2.22. The van der Waals surface area contributed by atoms with Crippen LogP contribution >= 0.6 is 0 Å². The number of hydrogen-bond donors (Lipinski definition) is 1. The standard InChI is InChI=1S/C19H26N4O2/c1-14(13-23-11-7-10-18(23)24)20-12-17-15(2)21-22(3)19(17)25-16-8-5-4-6-9-16/h4-6,8-9,14,20H,7,10-13H2,1-3H3/t14-/m1/s1. The van der Waals surface area contributed by atoms with Crippen LogP contribution in [0, 0.1) is 6.92 Å². The Kier molecular flexibility index (Phi) is 5.38. The molecule has 1 aromatic heterocycles. The molecule has 0 bridgehead atoms. The molecule has 6 heteroatoms. The topological polar surface area (TPSA) is 59.4 Å². The summed E-state index contributed by atoms with van der Waals surface area (Å²) < 4.78 is 7.81. The maximum atomic E-state index is 11.8. The second-order valence-electron chi connectivity index (χ2n) is 6.63. The third kappa shape index (κ3) is 4.20. The summed E-state index contributed by atoms with van der Waals surface area (Å²) >= 11 is 0. The first kappa shape index (κ1) is 17.5. The lowest BCUT2D eigenvalue weighted by Gasteiger charge is -2.22. The number of ether oxygens (including phenoxy) is 1. The average Bonchev–Trinajstić information content (AvgIpc) is 3.10. The van der Waals surface area contributed by atoms with E-state index in [1.807, 2.05) is 49.2 Å². The Balaban J connectivity index is 1.64. The van der Waals surface area contributed by atoms with Gasteiger partial charge in [-0.3, -0.25) is 4.79 Å². The van der Waals surface area contributed by atoms with Crippen LogP contribution in [0.2, 0.25) is 0 Å². The molecule has 6 nitrogen and oxygen atoms in total. The summed E-state index contributed by atoms with van der Waals surface area (Å²) in [5, 5.41) is 7.99. The minimum Gasteiger partial charge on any atom is -0.439 e. The van der Waals surface area contributed by atoms with Crippen LogP contribution in [0.15, 0.2) is 30.3 Å².